The van der Waals surface area contributed by atoms with E-state index in [1.54, 1.807) is 24.3 Å². The van der Waals surface area contributed by atoms with Crippen LogP contribution in [0.3, 0.4) is 0 Å². The normalized spacial score (nSPS) is 14.6. The van der Waals surface area contributed by atoms with Gasteiger partial charge < -0.3 is 19.9 Å². The molecule has 0 atom stereocenters. The number of hydrogen-bond donors (Lipinski definition) is 2. The van der Waals surface area contributed by atoms with Crippen molar-refractivity contribution in [1.29, 1.82) is 0 Å². The molecule has 26 heavy (non-hydrogen) atoms. The van der Waals surface area contributed by atoms with Crippen LogP contribution < -0.4 is 10.1 Å². The summed E-state index contributed by atoms with van der Waals surface area (Å²) in [5.41, 5.74) is 0.661. The minimum atomic E-state index is -1.18. The molecular formula is C19H20N2O5. The van der Waals surface area contributed by atoms with Crippen LogP contribution in [0.25, 0.3) is 0 Å². The van der Waals surface area contributed by atoms with Crippen molar-refractivity contribution in [2.24, 2.45) is 5.92 Å². The molecule has 0 bridgehead atoms. The van der Waals surface area contributed by atoms with Crippen LogP contribution in [0.2, 0.25) is 0 Å². The number of carboxylic acids is 1. The molecule has 2 N–H and O–H groups in total. The lowest BCUT2D eigenvalue weighted by molar-refractivity contribution is 0.0497. The monoisotopic (exact) mass is 356 g/mol. The third-order valence-corrected chi connectivity index (χ3v) is 4.18. The molecule has 0 aliphatic carbocycles. The first-order chi connectivity index (χ1) is 12.6. The number of aromatic nitrogens is 1. The Hall–Kier alpha value is -2.93. The number of benzene rings is 1. The highest BCUT2D eigenvalue weighted by atomic mass is 16.5. The number of aromatic carboxylic acids is 1. The van der Waals surface area contributed by atoms with Gasteiger partial charge in [0.15, 0.2) is 0 Å². The number of carbonyl (C=O) groups is 2. The molecule has 2 heterocycles. The molecule has 1 aliphatic heterocycles. The highest BCUT2D eigenvalue weighted by Gasteiger charge is 2.14. The van der Waals surface area contributed by atoms with E-state index in [0.717, 1.165) is 31.8 Å². The summed E-state index contributed by atoms with van der Waals surface area (Å²) in [5.74, 6) is -0.318. The number of rotatable bonds is 6. The summed E-state index contributed by atoms with van der Waals surface area (Å²) in [6.07, 6.45) is 3.32. The highest BCUT2D eigenvalue weighted by molar-refractivity contribution is 6.05. The third-order valence-electron chi connectivity index (χ3n) is 4.18. The molecule has 1 fully saturated rings. The maximum atomic E-state index is 12.2. The van der Waals surface area contributed by atoms with E-state index in [9.17, 15) is 9.59 Å². The minimum absolute atomic E-state index is 0.172. The Kier molecular flexibility index (Phi) is 5.80. The number of anilines is 1. The number of ether oxygens (including phenoxy) is 2. The van der Waals surface area contributed by atoms with E-state index in [-0.39, 0.29) is 11.3 Å². The van der Waals surface area contributed by atoms with Gasteiger partial charge in [-0.25, -0.2) is 9.78 Å². The molecule has 0 spiro atoms. The maximum Gasteiger partial charge on any atom is 0.354 e. The second-order valence-electron chi connectivity index (χ2n) is 6.08. The Morgan fingerprint density at radius 3 is 2.62 bits per heavy atom. The molecule has 1 aromatic carbocycles. The second-order valence-corrected chi connectivity index (χ2v) is 6.08. The van der Waals surface area contributed by atoms with Gasteiger partial charge in [0.2, 0.25) is 0 Å². The molecular weight excluding hydrogens is 336 g/mol. The number of nitrogens with one attached hydrogen (secondary N) is 1. The van der Waals surface area contributed by atoms with Crippen molar-refractivity contribution in [3.05, 3.63) is 53.9 Å². The summed E-state index contributed by atoms with van der Waals surface area (Å²) >= 11 is 0. The number of carbonyl (C=O) groups excluding carboxylic acids is 1. The van der Waals surface area contributed by atoms with Crippen LogP contribution in [0, 0.1) is 5.92 Å². The summed E-state index contributed by atoms with van der Waals surface area (Å²) < 4.78 is 11.1. The van der Waals surface area contributed by atoms with Crippen LogP contribution in [0.15, 0.2) is 42.6 Å². The quantitative estimate of drug-likeness (QED) is 0.826. The predicted octanol–water partition coefficient (Wildman–Crippen LogP) is 2.84. The van der Waals surface area contributed by atoms with Crippen LogP contribution in [0.5, 0.6) is 5.75 Å². The van der Waals surface area contributed by atoms with Gasteiger partial charge in [-0.15, -0.1) is 0 Å². The molecule has 1 amide bonds. The van der Waals surface area contributed by atoms with Gasteiger partial charge in [-0.05, 0) is 55.2 Å². The first kappa shape index (κ1) is 17.9. The first-order valence-electron chi connectivity index (χ1n) is 8.43. The van der Waals surface area contributed by atoms with Gasteiger partial charge in [0, 0.05) is 30.7 Å². The average Bonchev–Trinajstić information content (AvgIpc) is 2.68. The molecule has 0 radical (unpaired) electrons. The first-order valence-corrected chi connectivity index (χ1v) is 8.43. The Morgan fingerprint density at radius 1 is 1.19 bits per heavy atom. The van der Waals surface area contributed by atoms with Crippen molar-refractivity contribution < 1.29 is 24.2 Å². The van der Waals surface area contributed by atoms with E-state index < -0.39 is 11.9 Å². The van der Waals surface area contributed by atoms with Crippen molar-refractivity contribution >= 4 is 17.6 Å². The molecule has 7 nitrogen and oxygen atoms in total. The predicted molar refractivity (Wildman–Crippen MR) is 94.6 cm³/mol. The van der Waals surface area contributed by atoms with Gasteiger partial charge in [-0.3, -0.25) is 4.79 Å². The third kappa shape index (κ3) is 4.80. The zero-order valence-corrected chi connectivity index (χ0v) is 14.2. The largest absolute Gasteiger partial charge is 0.493 e. The van der Waals surface area contributed by atoms with E-state index in [4.69, 9.17) is 14.6 Å². The van der Waals surface area contributed by atoms with Crippen LogP contribution in [-0.2, 0) is 4.74 Å². The van der Waals surface area contributed by atoms with E-state index in [0.29, 0.717) is 18.2 Å². The summed E-state index contributed by atoms with van der Waals surface area (Å²) in [4.78, 5) is 26.9. The van der Waals surface area contributed by atoms with Crippen LogP contribution in [0.4, 0.5) is 5.69 Å². The number of pyridine rings is 1. The lowest BCUT2D eigenvalue weighted by Crippen LogP contribution is -2.21. The molecule has 1 saturated heterocycles. The van der Waals surface area contributed by atoms with Crippen LogP contribution in [0.1, 0.15) is 33.7 Å². The van der Waals surface area contributed by atoms with Crippen LogP contribution in [-0.4, -0.2) is 41.8 Å². The maximum absolute atomic E-state index is 12.2. The van der Waals surface area contributed by atoms with E-state index in [1.165, 1.54) is 18.3 Å². The Bertz CT molecular complexity index is 770. The van der Waals surface area contributed by atoms with Gasteiger partial charge >= 0.3 is 5.97 Å². The molecule has 7 heteroatoms. The Labute approximate surface area is 151 Å². The zero-order chi connectivity index (χ0) is 18.4. The van der Waals surface area contributed by atoms with E-state index in [2.05, 4.69) is 10.3 Å². The van der Waals surface area contributed by atoms with Gasteiger partial charge in [0.25, 0.3) is 5.91 Å². The van der Waals surface area contributed by atoms with Gasteiger partial charge in [-0.1, -0.05) is 0 Å². The fourth-order valence-corrected chi connectivity index (χ4v) is 2.65. The summed E-state index contributed by atoms with van der Waals surface area (Å²) in [6, 6.07) is 9.79. The van der Waals surface area contributed by atoms with Gasteiger partial charge in [-0.2, -0.15) is 0 Å². The second kappa shape index (κ2) is 8.44. The summed E-state index contributed by atoms with van der Waals surface area (Å²) in [5, 5.41) is 11.7. The van der Waals surface area contributed by atoms with E-state index in [1.807, 2.05) is 0 Å². The standard InChI is InChI=1S/C19H20N2O5/c22-18(14-5-8-20-17(11-14)19(23)24)21-15-1-3-16(4-2-15)26-12-13-6-9-25-10-7-13/h1-5,8,11,13H,6-7,9-10,12H2,(H,21,22)(H,23,24). The van der Waals surface area contributed by atoms with E-state index >= 15 is 0 Å². The van der Waals surface area contributed by atoms with Crippen molar-refractivity contribution in [2.45, 2.75) is 12.8 Å². The topological polar surface area (TPSA) is 97.8 Å². The average molecular weight is 356 g/mol. The van der Waals surface area contributed by atoms with Crippen LogP contribution >= 0.6 is 0 Å². The zero-order valence-electron chi connectivity index (χ0n) is 14.2. The Morgan fingerprint density at radius 2 is 1.92 bits per heavy atom. The van der Waals surface area contributed by atoms with Gasteiger partial charge in [0.05, 0.1) is 6.61 Å². The number of carboxylic acid groups (broad SMARTS) is 1. The molecule has 1 aliphatic rings. The molecule has 136 valence electrons. The smallest absolute Gasteiger partial charge is 0.354 e. The van der Waals surface area contributed by atoms with Crippen molar-refractivity contribution in [2.75, 3.05) is 25.1 Å². The minimum Gasteiger partial charge on any atom is -0.493 e. The lowest BCUT2D eigenvalue weighted by Gasteiger charge is -2.22. The SMILES string of the molecule is O=C(Nc1ccc(OCC2CCOCC2)cc1)c1ccnc(C(=O)O)c1. The highest BCUT2D eigenvalue weighted by Crippen LogP contribution is 2.20. The molecule has 0 unspecified atom stereocenters. The summed E-state index contributed by atoms with van der Waals surface area (Å²) in [6.45, 7) is 2.24. The Balaban J connectivity index is 1.55. The number of amides is 1. The van der Waals surface area contributed by atoms with Crippen molar-refractivity contribution in [3.63, 3.8) is 0 Å². The molecule has 1 aromatic heterocycles. The number of nitrogens with zero attached hydrogens (tertiary/aromatic N) is 1. The number of hydrogen-bond acceptors (Lipinski definition) is 5. The van der Waals surface area contributed by atoms with Crippen molar-refractivity contribution in [3.8, 4) is 5.75 Å². The fraction of sp³-hybridized carbons (Fsp3) is 0.316. The lowest BCUT2D eigenvalue weighted by atomic mass is 10.0. The van der Waals surface area contributed by atoms with Gasteiger partial charge in [0.1, 0.15) is 11.4 Å². The molecule has 3 rings (SSSR count). The van der Waals surface area contributed by atoms with Crippen molar-refractivity contribution in [1.82, 2.24) is 4.98 Å². The molecule has 0 saturated carbocycles. The fourth-order valence-electron chi connectivity index (χ4n) is 2.65. The molecule has 2 aromatic rings. The summed E-state index contributed by atoms with van der Waals surface area (Å²) in [7, 11) is 0.